The second-order valence-corrected chi connectivity index (χ2v) is 4.81. The topological polar surface area (TPSA) is 29.9 Å². The van der Waals surface area contributed by atoms with Gasteiger partial charge in [0.05, 0.1) is 5.69 Å². The molecule has 2 unspecified atom stereocenters. The summed E-state index contributed by atoms with van der Waals surface area (Å²) in [6.07, 6.45) is 2.33. The smallest absolute Gasteiger partial charge is 0.0596 e. The van der Waals surface area contributed by atoms with E-state index in [1.54, 1.807) is 0 Å². The van der Waals surface area contributed by atoms with Crippen molar-refractivity contribution in [2.24, 2.45) is 5.92 Å². The Labute approximate surface area is 106 Å². The highest BCUT2D eigenvalue weighted by molar-refractivity contribution is 5.10. The van der Waals surface area contributed by atoms with Crippen molar-refractivity contribution in [2.45, 2.75) is 60.0 Å². The van der Waals surface area contributed by atoms with E-state index >= 15 is 0 Å². The van der Waals surface area contributed by atoms with Crippen LogP contribution in [0, 0.1) is 12.8 Å². The number of hydrogen-bond donors (Lipinski definition) is 1. The number of rotatable bonds is 7. The van der Waals surface area contributed by atoms with Crippen molar-refractivity contribution >= 4 is 0 Å². The Bertz CT molecular complexity index is 330. The minimum absolute atomic E-state index is 0.575. The Morgan fingerprint density at radius 3 is 2.59 bits per heavy atom. The van der Waals surface area contributed by atoms with Gasteiger partial charge in [-0.1, -0.05) is 20.3 Å². The number of nitrogens with zero attached hydrogens (tertiary/aromatic N) is 2. The fraction of sp³-hybridized carbons (Fsp3) is 0.786. The van der Waals surface area contributed by atoms with Crippen molar-refractivity contribution in [3.05, 3.63) is 17.5 Å². The number of aryl methyl sites for hydroxylation is 2. The molecule has 1 aromatic heterocycles. The Morgan fingerprint density at radius 2 is 2.06 bits per heavy atom. The van der Waals surface area contributed by atoms with Crippen molar-refractivity contribution in [3.8, 4) is 0 Å². The fourth-order valence-electron chi connectivity index (χ4n) is 2.47. The first-order valence-corrected chi connectivity index (χ1v) is 6.89. The van der Waals surface area contributed by atoms with E-state index in [1.165, 1.54) is 12.1 Å². The van der Waals surface area contributed by atoms with Gasteiger partial charge in [-0.15, -0.1) is 0 Å². The fourth-order valence-corrected chi connectivity index (χ4v) is 2.47. The van der Waals surface area contributed by atoms with Gasteiger partial charge in [0, 0.05) is 18.3 Å². The summed E-state index contributed by atoms with van der Waals surface area (Å²) in [4.78, 5) is 0. The van der Waals surface area contributed by atoms with Crippen LogP contribution in [0.1, 0.15) is 45.5 Å². The average Bonchev–Trinajstić information content (AvgIpc) is 2.66. The first-order chi connectivity index (χ1) is 8.12. The van der Waals surface area contributed by atoms with Crippen LogP contribution in [-0.2, 0) is 13.0 Å². The zero-order chi connectivity index (χ0) is 12.8. The number of aromatic nitrogens is 2. The molecule has 0 saturated carbocycles. The molecule has 2 atom stereocenters. The highest BCUT2D eigenvalue weighted by Crippen LogP contribution is 2.17. The summed E-state index contributed by atoms with van der Waals surface area (Å²) in [7, 11) is 0. The molecule has 0 aliphatic carbocycles. The Hall–Kier alpha value is -0.830. The summed E-state index contributed by atoms with van der Waals surface area (Å²) in [6.45, 7) is 13.0. The third kappa shape index (κ3) is 3.84. The van der Waals surface area contributed by atoms with E-state index in [2.05, 4.69) is 55.8 Å². The molecule has 0 saturated heterocycles. The molecule has 0 aliphatic rings. The molecule has 0 spiro atoms. The van der Waals surface area contributed by atoms with E-state index in [9.17, 15) is 0 Å². The summed E-state index contributed by atoms with van der Waals surface area (Å²) >= 11 is 0. The van der Waals surface area contributed by atoms with Gasteiger partial charge in [-0.05, 0) is 45.7 Å². The molecule has 0 radical (unpaired) electrons. The van der Waals surface area contributed by atoms with E-state index in [0.29, 0.717) is 12.0 Å². The molecular formula is C14H27N3. The van der Waals surface area contributed by atoms with Gasteiger partial charge in [-0.25, -0.2) is 0 Å². The molecule has 3 nitrogen and oxygen atoms in total. The van der Waals surface area contributed by atoms with Crippen LogP contribution in [0.15, 0.2) is 6.07 Å². The largest absolute Gasteiger partial charge is 0.314 e. The van der Waals surface area contributed by atoms with Crippen molar-refractivity contribution in [1.82, 2.24) is 15.1 Å². The predicted molar refractivity (Wildman–Crippen MR) is 73.3 cm³/mol. The van der Waals surface area contributed by atoms with Crippen LogP contribution in [0.3, 0.4) is 0 Å². The van der Waals surface area contributed by atoms with E-state index in [0.717, 1.165) is 25.2 Å². The Morgan fingerprint density at radius 1 is 1.35 bits per heavy atom. The van der Waals surface area contributed by atoms with Crippen LogP contribution < -0.4 is 5.32 Å². The SMILES string of the molecule is CCNC(C)C(CC)Cc1cc(C)nn1CC. The molecule has 0 fully saturated rings. The molecule has 98 valence electrons. The molecule has 17 heavy (non-hydrogen) atoms. The highest BCUT2D eigenvalue weighted by Gasteiger charge is 2.17. The van der Waals surface area contributed by atoms with Gasteiger partial charge in [-0.2, -0.15) is 5.10 Å². The molecule has 3 heteroatoms. The maximum atomic E-state index is 4.52. The van der Waals surface area contributed by atoms with Crippen molar-refractivity contribution in [2.75, 3.05) is 6.54 Å². The standard InChI is InChI=1S/C14H27N3/c1-6-13(12(5)15-7-2)10-14-9-11(4)16-17(14)8-3/h9,12-13,15H,6-8,10H2,1-5H3. The molecule has 0 aliphatic heterocycles. The molecule has 0 aromatic carbocycles. The van der Waals surface area contributed by atoms with Gasteiger partial charge in [0.1, 0.15) is 0 Å². The summed E-state index contributed by atoms with van der Waals surface area (Å²) in [6, 6.07) is 2.80. The normalized spacial score (nSPS) is 14.9. The molecule has 1 heterocycles. The van der Waals surface area contributed by atoms with Crippen molar-refractivity contribution in [1.29, 1.82) is 0 Å². The third-order valence-electron chi connectivity index (χ3n) is 3.51. The third-order valence-corrected chi connectivity index (χ3v) is 3.51. The minimum Gasteiger partial charge on any atom is -0.314 e. The quantitative estimate of drug-likeness (QED) is 0.790. The maximum Gasteiger partial charge on any atom is 0.0596 e. The van der Waals surface area contributed by atoms with Gasteiger partial charge < -0.3 is 5.32 Å². The van der Waals surface area contributed by atoms with E-state index in [-0.39, 0.29) is 0 Å². The first kappa shape index (κ1) is 14.2. The second kappa shape index (κ2) is 6.80. The highest BCUT2D eigenvalue weighted by atomic mass is 15.3. The predicted octanol–water partition coefficient (Wildman–Crippen LogP) is 2.78. The van der Waals surface area contributed by atoms with Crippen LogP contribution >= 0.6 is 0 Å². The summed E-state index contributed by atoms with van der Waals surface area (Å²) in [5.41, 5.74) is 2.51. The van der Waals surface area contributed by atoms with Gasteiger partial charge in [0.25, 0.3) is 0 Å². The molecule has 1 rings (SSSR count). The lowest BCUT2D eigenvalue weighted by atomic mass is 9.93. The lowest BCUT2D eigenvalue weighted by Gasteiger charge is -2.23. The first-order valence-electron chi connectivity index (χ1n) is 6.89. The van der Waals surface area contributed by atoms with Crippen LogP contribution in [0.4, 0.5) is 0 Å². The number of nitrogens with one attached hydrogen (secondary N) is 1. The molecule has 1 aromatic rings. The lowest BCUT2D eigenvalue weighted by molar-refractivity contribution is 0.359. The van der Waals surface area contributed by atoms with Gasteiger partial charge in [0.2, 0.25) is 0 Å². The minimum atomic E-state index is 0.575. The molecule has 0 amide bonds. The number of hydrogen-bond acceptors (Lipinski definition) is 2. The molecular weight excluding hydrogens is 210 g/mol. The van der Waals surface area contributed by atoms with Gasteiger partial charge in [0.15, 0.2) is 0 Å². The Kier molecular flexibility index (Phi) is 5.69. The van der Waals surface area contributed by atoms with Gasteiger partial charge in [-0.3, -0.25) is 4.68 Å². The summed E-state index contributed by atoms with van der Waals surface area (Å²) < 4.78 is 2.14. The van der Waals surface area contributed by atoms with E-state index in [4.69, 9.17) is 0 Å². The second-order valence-electron chi connectivity index (χ2n) is 4.81. The monoisotopic (exact) mass is 237 g/mol. The summed E-state index contributed by atoms with van der Waals surface area (Å²) in [5, 5.41) is 8.05. The van der Waals surface area contributed by atoms with Crippen LogP contribution in [0.25, 0.3) is 0 Å². The van der Waals surface area contributed by atoms with Crippen LogP contribution in [0.2, 0.25) is 0 Å². The van der Waals surface area contributed by atoms with E-state index in [1.807, 2.05) is 0 Å². The lowest BCUT2D eigenvalue weighted by Crippen LogP contribution is -2.34. The zero-order valence-electron chi connectivity index (χ0n) is 12.0. The maximum absolute atomic E-state index is 4.52. The van der Waals surface area contributed by atoms with E-state index < -0.39 is 0 Å². The zero-order valence-corrected chi connectivity index (χ0v) is 12.0. The van der Waals surface area contributed by atoms with Gasteiger partial charge >= 0.3 is 0 Å². The Balaban J connectivity index is 2.72. The van der Waals surface area contributed by atoms with Crippen LogP contribution in [0.5, 0.6) is 0 Å². The van der Waals surface area contributed by atoms with Crippen molar-refractivity contribution < 1.29 is 0 Å². The van der Waals surface area contributed by atoms with Crippen LogP contribution in [-0.4, -0.2) is 22.4 Å². The molecule has 0 bridgehead atoms. The summed E-state index contributed by atoms with van der Waals surface area (Å²) in [5.74, 6) is 0.691. The average molecular weight is 237 g/mol. The van der Waals surface area contributed by atoms with Crippen molar-refractivity contribution in [3.63, 3.8) is 0 Å². The molecule has 1 N–H and O–H groups in total.